The average Bonchev–Trinajstić information content (AvgIpc) is 2.82. The van der Waals surface area contributed by atoms with Gasteiger partial charge in [-0.15, -0.1) is 21.5 Å². The van der Waals surface area contributed by atoms with E-state index in [1.165, 1.54) is 22.6 Å². The van der Waals surface area contributed by atoms with Gasteiger partial charge in [-0.1, -0.05) is 0 Å². The largest absolute Gasteiger partial charge is 0.410 e. The molecule has 2 aromatic heterocycles. The molecule has 1 aliphatic heterocycles. The molecule has 6 heteroatoms. The Kier molecular flexibility index (Phi) is 2.58. The van der Waals surface area contributed by atoms with Gasteiger partial charge in [-0.2, -0.15) is 11.8 Å². The first-order valence-electron chi connectivity index (χ1n) is 4.51. The Morgan fingerprint density at radius 3 is 3.07 bits per heavy atom. The molecule has 0 bridgehead atoms. The topological polar surface area (TPSA) is 38.9 Å². The Morgan fingerprint density at radius 1 is 1.40 bits per heavy atom. The minimum Gasteiger partial charge on any atom is -0.410 e. The highest BCUT2D eigenvalue weighted by Crippen LogP contribution is 2.36. The van der Waals surface area contributed by atoms with Gasteiger partial charge in [0.25, 0.3) is 10.7 Å². The number of fused-ring (bicyclic) bond motifs is 1. The summed E-state index contributed by atoms with van der Waals surface area (Å²) in [4.78, 5) is 3.00. The fourth-order valence-electron chi connectivity index (χ4n) is 1.56. The Hall–Kier alpha value is -0.330. The first-order valence-corrected chi connectivity index (χ1v) is 7.28. The van der Waals surface area contributed by atoms with Crippen molar-refractivity contribution in [2.24, 2.45) is 0 Å². The first kappa shape index (κ1) is 9.86. The van der Waals surface area contributed by atoms with Crippen molar-refractivity contribution < 1.29 is 4.42 Å². The van der Waals surface area contributed by atoms with Crippen LogP contribution in [0.1, 0.15) is 10.4 Å². The van der Waals surface area contributed by atoms with Gasteiger partial charge in [-0.25, -0.2) is 0 Å². The molecule has 0 N–H and O–H groups in total. The first-order chi connectivity index (χ1) is 7.33. The summed E-state index contributed by atoms with van der Waals surface area (Å²) in [7, 11) is 0. The van der Waals surface area contributed by atoms with Crippen LogP contribution in [0.5, 0.6) is 0 Å². The van der Waals surface area contributed by atoms with Crippen LogP contribution in [0.15, 0.2) is 15.3 Å². The summed E-state index contributed by atoms with van der Waals surface area (Å²) in [5.74, 6) is 2.95. The van der Waals surface area contributed by atoms with E-state index in [-0.39, 0.29) is 0 Å². The third-order valence-corrected chi connectivity index (χ3v) is 4.79. The van der Waals surface area contributed by atoms with Crippen LogP contribution in [-0.2, 0) is 12.2 Å². The van der Waals surface area contributed by atoms with Crippen molar-refractivity contribution in [3.8, 4) is 10.8 Å². The predicted molar refractivity (Wildman–Crippen MR) is 65.2 cm³/mol. The molecule has 0 fully saturated rings. The summed E-state index contributed by atoms with van der Waals surface area (Å²) in [6.45, 7) is 0. The van der Waals surface area contributed by atoms with E-state index in [1.54, 1.807) is 11.3 Å². The SMILES string of the molecule is Brc1nnc(-c2cc3c(s2)CCSC3)o1. The zero-order chi connectivity index (χ0) is 10.3. The van der Waals surface area contributed by atoms with E-state index in [0.29, 0.717) is 10.7 Å². The molecule has 0 atom stereocenters. The summed E-state index contributed by atoms with van der Waals surface area (Å²) in [5.41, 5.74) is 1.43. The molecule has 3 heterocycles. The second-order valence-electron chi connectivity index (χ2n) is 3.22. The lowest BCUT2D eigenvalue weighted by molar-refractivity contribution is 0.541. The standard InChI is InChI=1S/C9H7BrN2OS2/c10-9-12-11-8(13-9)7-3-5-4-14-2-1-6(5)15-7/h3H,1-2,4H2. The molecule has 3 nitrogen and oxygen atoms in total. The molecule has 0 aliphatic carbocycles. The predicted octanol–water partition coefficient (Wildman–Crippen LogP) is 3.35. The summed E-state index contributed by atoms with van der Waals surface area (Å²) in [5, 5.41) is 7.77. The van der Waals surface area contributed by atoms with E-state index in [2.05, 4.69) is 32.2 Å². The zero-order valence-corrected chi connectivity index (χ0v) is 10.9. The lowest BCUT2D eigenvalue weighted by atomic mass is 10.2. The Labute approximate surface area is 103 Å². The van der Waals surface area contributed by atoms with Crippen LogP contribution < -0.4 is 0 Å². The molecular weight excluding hydrogens is 296 g/mol. The number of rotatable bonds is 1. The van der Waals surface area contributed by atoms with Crippen LogP contribution in [-0.4, -0.2) is 16.0 Å². The molecule has 78 valence electrons. The maximum Gasteiger partial charge on any atom is 0.285 e. The molecule has 3 rings (SSSR count). The summed E-state index contributed by atoms with van der Waals surface area (Å²) < 4.78 is 5.35. The number of halogens is 1. The maximum absolute atomic E-state index is 5.35. The molecule has 0 amide bonds. The zero-order valence-electron chi connectivity index (χ0n) is 7.70. The minimum absolute atomic E-state index is 0.443. The van der Waals surface area contributed by atoms with Gasteiger partial charge < -0.3 is 4.42 Å². The van der Waals surface area contributed by atoms with Gasteiger partial charge in [-0.3, -0.25) is 0 Å². The lowest BCUT2D eigenvalue weighted by Gasteiger charge is -2.08. The van der Waals surface area contributed by atoms with Crippen molar-refractivity contribution in [2.75, 3.05) is 5.75 Å². The van der Waals surface area contributed by atoms with Crippen molar-refractivity contribution in [1.82, 2.24) is 10.2 Å². The van der Waals surface area contributed by atoms with E-state index in [4.69, 9.17) is 4.42 Å². The van der Waals surface area contributed by atoms with E-state index in [0.717, 1.165) is 10.6 Å². The van der Waals surface area contributed by atoms with E-state index in [9.17, 15) is 0 Å². The number of thiophene rings is 1. The second kappa shape index (κ2) is 3.92. The van der Waals surface area contributed by atoms with Crippen LogP contribution in [0.25, 0.3) is 10.8 Å². The average molecular weight is 303 g/mol. The van der Waals surface area contributed by atoms with Crippen LogP contribution in [0.4, 0.5) is 0 Å². The molecule has 0 saturated carbocycles. The van der Waals surface area contributed by atoms with Gasteiger partial charge >= 0.3 is 0 Å². The molecule has 1 aliphatic rings. The second-order valence-corrected chi connectivity index (χ2v) is 6.14. The number of thioether (sulfide) groups is 1. The Bertz CT molecular complexity index is 471. The van der Waals surface area contributed by atoms with Gasteiger partial charge in [0.15, 0.2) is 0 Å². The van der Waals surface area contributed by atoms with Crippen molar-refractivity contribution >= 4 is 39.0 Å². The number of hydrogen-bond acceptors (Lipinski definition) is 5. The van der Waals surface area contributed by atoms with E-state index >= 15 is 0 Å². The van der Waals surface area contributed by atoms with Gasteiger partial charge in [0.1, 0.15) is 0 Å². The van der Waals surface area contributed by atoms with Crippen molar-refractivity contribution in [1.29, 1.82) is 0 Å². The van der Waals surface area contributed by atoms with Crippen molar-refractivity contribution in [2.45, 2.75) is 12.2 Å². The van der Waals surface area contributed by atoms with Crippen molar-refractivity contribution in [3.63, 3.8) is 0 Å². The maximum atomic E-state index is 5.35. The van der Waals surface area contributed by atoms with Crippen molar-refractivity contribution in [3.05, 3.63) is 21.3 Å². The summed E-state index contributed by atoms with van der Waals surface area (Å²) in [6.07, 6.45) is 1.17. The summed E-state index contributed by atoms with van der Waals surface area (Å²) in [6, 6.07) is 2.17. The summed E-state index contributed by atoms with van der Waals surface area (Å²) >= 11 is 6.91. The normalized spacial score (nSPS) is 15.3. The third-order valence-electron chi connectivity index (χ3n) is 2.24. The highest BCUT2D eigenvalue weighted by molar-refractivity contribution is 9.10. The number of aryl methyl sites for hydroxylation is 1. The minimum atomic E-state index is 0.443. The fraction of sp³-hybridized carbons (Fsp3) is 0.333. The Morgan fingerprint density at radius 2 is 2.33 bits per heavy atom. The molecule has 0 unspecified atom stereocenters. The van der Waals surface area contributed by atoms with Gasteiger partial charge in [0.2, 0.25) is 0 Å². The van der Waals surface area contributed by atoms with Gasteiger partial charge in [0.05, 0.1) is 4.88 Å². The molecule has 15 heavy (non-hydrogen) atoms. The number of hydrogen-bond donors (Lipinski definition) is 0. The van der Waals surface area contributed by atoms with Gasteiger partial charge in [-0.05, 0) is 23.8 Å². The highest BCUT2D eigenvalue weighted by atomic mass is 79.9. The smallest absolute Gasteiger partial charge is 0.285 e. The van der Waals surface area contributed by atoms with Crippen LogP contribution in [0, 0.1) is 0 Å². The van der Waals surface area contributed by atoms with Crippen LogP contribution >= 0.6 is 39.0 Å². The number of nitrogens with zero attached hydrogens (tertiary/aromatic N) is 2. The van der Waals surface area contributed by atoms with Crippen LogP contribution in [0.2, 0.25) is 0 Å². The Balaban J connectivity index is 2.02. The van der Waals surface area contributed by atoms with E-state index < -0.39 is 0 Å². The van der Waals surface area contributed by atoms with Crippen LogP contribution in [0.3, 0.4) is 0 Å². The molecule has 2 aromatic rings. The molecule has 0 spiro atoms. The third kappa shape index (κ3) is 1.86. The fourth-order valence-corrected chi connectivity index (χ4v) is 4.08. The molecular formula is C9H7BrN2OS2. The van der Waals surface area contributed by atoms with E-state index in [1.807, 2.05) is 11.8 Å². The highest BCUT2D eigenvalue weighted by Gasteiger charge is 2.17. The number of aromatic nitrogens is 2. The van der Waals surface area contributed by atoms with Gasteiger partial charge in [0, 0.05) is 26.6 Å². The quantitative estimate of drug-likeness (QED) is 0.810. The lowest BCUT2D eigenvalue weighted by Crippen LogP contribution is -1.96. The molecule has 0 aromatic carbocycles. The molecule has 0 radical (unpaired) electrons. The monoisotopic (exact) mass is 302 g/mol. The molecule has 0 saturated heterocycles.